The van der Waals surface area contributed by atoms with Gasteiger partial charge in [-0.15, -0.1) is 0 Å². The van der Waals surface area contributed by atoms with Crippen molar-refractivity contribution in [3.05, 3.63) is 29.7 Å². The largest absolute Gasteiger partial charge is 0.422 e. The fraction of sp³-hybridized carbons (Fsp3) is 0.500. The fourth-order valence-electron chi connectivity index (χ4n) is 3.32. The topological polar surface area (TPSA) is 72.9 Å². The van der Waals surface area contributed by atoms with Crippen molar-refractivity contribution >= 4 is 17.0 Å². The molecule has 0 aliphatic carbocycles. The second-order valence-corrected chi connectivity index (χ2v) is 6.07. The van der Waals surface area contributed by atoms with Crippen molar-refractivity contribution < 1.29 is 4.42 Å². The number of nitrogens with zero attached hydrogens (tertiary/aromatic N) is 6. The highest BCUT2D eigenvalue weighted by Crippen LogP contribution is 2.30. The minimum absolute atomic E-state index is 0.367. The Morgan fingerprint density at radius 1 is 1.30 bits per heavy atom. The summed E-state index contributed by atoms with van der Waals surface area (Å²) < 4.78 is 7.78. The number of anilines is 1. The predicted molar refractivity (Wildman–Crippen MR) is 86.5 cm³/mol. The van der Waals surface area contributed by atoms with Crippen LogP contribution in [-0.4, -0.2) is 37.8 Å². The highest BCUT2D eigenvalue weighted by Gasteiger charge is 2.28. The quantitative estimate of drug-likeness (QED) is 0.739. The van der Waals surface area contributed by atoms with Gasteiger partial charge in [0.15, 0.2) is 17.2 Å². The van der Waals surface area contributed by atoms with Crippen LogP contribution in [0.4, 0.5) is 5.82 Å². The van der Waals surface area contributed by atoms with Crippen molar-refractivity contribution in [3.8, 4) is 0 Å². The van der Waals surface area contributed by atoms with E-state index in [0.29, 0.717) is 17.6 Å². The van der Waals surface area contributed by atoms with E-state index >= 15 is 0 Å². The monoisotopic (exact) mass is 312 g/mol. The van der Waals surface area contributed by atoms with Gasteiger partial charge in [0, 0.05) is 25.2 Å². The number of rotatable bonds is 3. The number of fused-ring (bicyclic) bond motifs is 1. The van der Waals surface area contributed by atoms with Crippen LogP contribution in [-0.2, 0) is 6.42 Å². The van der Waals surface area contributed by atoms with Crippen LogP contribution in [0.25, 0.3) is 11.2 Å². The van der Waals surface area contributed by atoms with E-state index < -0.39 is 0 Å². The molecule has 7 heteroatoms. The number of oxazole rings is 1. The van der Waals surface area contributed by atoms with Crippen LogP contribution >= 0.6 is 0 Å². The van der Waals surface area contributed by atoms with E-state index in [4.69, 9.17) is 4.42 Å². The summed E-state index contributed by atoms with van der Waals surface area (Å²) in [6.07, 6.45) is 3.36. The van der Waals surface area contributed by atoms with Gasteiger partial charge in [-0.3, -0.25) is 4.68 Å². The first kappa shape index (κ1) is 14.2. The normalized spacial score (nSPS) is 18.2. The van der Waals surface area contributed by atoms with Gasteiger partial charge >= 0.3 is 0 Å². The lowest BCUT2D eigenvalue weighted by Crippen LogP contribution is -2.23. The minimum Gasteiger partial charge on any atom is -0.422 e. The van der Waals surface area contributed by atoms with Crippen molar-refractivity contribution in [2.75, 3.05) is 18.0 Å². The van der Waals surface area contributed by atoms with Gasteiger partial charge in [-0.2, -0.15) is 10.1 Å². The van der Waals surface area contributed by atoms with Crippen LogP contribution in [0.15, 0.2) is 16.8 Å². The predicted octanol–water partition coefficient (Wildman–Crippen LogP) is 2.44. The summed E-state index contributed by atoms with van der Waals surface area (Å²) >= 11 is 0. The van der Waals surface area contributed by atoms with E-state index in [2.05, 4.69) is 42.6 Å². The Morgan fingerprint density at radius 3 is 2.91 bits per heavy atom. The first-order valence-electron chi connectivity index (χ1n) is 8.04. The third-order valence-corrected chi connectivity index (χ3v) is 4.38. The van der Waals surface area contributed by atoms with Crippen molar-refractivity contribution in [3.63, 3.8) is 0 Å². The molecule has 1 aliphatic heterocycles. The Morgan fingerprint density at radius 2 is 2.17 bits per heavy atom. The van der Waals surface area contributed by atoms with E-state index in [1.54, 1.807) is 6.33 Å². The van der Waals surface area contributed by atoms with E-state index in [-0.39, 0.29) is 0 Å². The molecule has 0 amide bonds. The van der Waals surface area contributed by atoms with Gasteiger partial charge in [0.2, 0.25) is 0 Å². The minimum atomic E-state index is 0.367. The summed E-state index contributed by atoms with van der Waals surface area (Å²) in [5.74, 6) is 1.57. The second-order valence-electron chi connectivity index (χ2n) is 6.07. The van der Waals surface area contributed by atoms with Gasteiger partial charge in [0.05, 0.1) is 11.7 Å². The number of hydrogen-bond donors (Lipinski definition) is 0. The second kappa shape index (κ2) is 5.33. The Bertz CT molecular complexity index is 851. The molecule has 1 atom stereocenters. The smallest absolute Gasteiger partial charge is 0.252 e. The summed E-state index contributed by atoms with van der Waals surface area (Å²) in [7, 11) is 0. The summed E-state index contributed by atoms with van der Waals surface area (Å²) in [6, 6.07) is 2.49. The van der Waals surface area contributed by atoms with Gasteiger partial charge in [-0.25, -0.2) is 9.97 Å². The molecule has 0 saturated carbocycles. The summed E-state index contributed by atoms with van der Waals surface area (Å²) in [4.78, 5) is 15.4. The van der Waals surface area contributed by atoms with E-state index in [1.807, 2.05) is 13.8 Å². The first-order valence-corrected chi connectivity index (χ1v) is 8.04. The number of aryl methyl sites for hydroxylation is 3. The highest BCUT2D eigenvalue weighted by atomic mass is 16.4. The van der Waals surface area contributed by atoms with E-state index in [0.717, 1.165) is 43.0 Å². The molecule has 4 heterocycles. The first-order chi connectivity index (χ1) is 11.2. The maximum absolute atomic E-state index is 5.64. The average molecular weight is 312 g/mol. The van der Waals surface area contributed by atoms with Crippen LogP contribution < -0.4 is 4.90 Å². The zero-order chi connectivity index (χ0) is 16.0. The molecule has 1 unspecified atom stereocenters. The average Bonchev–Trinajstić information content (AvgIpc) is 3.24. The maximum atomic E-state index is 5.64. The Balaban J connectivity index is 1.65. The zero-order valence-corrected chi connectivity index (χ0v) is 13.7. The molecular formula is C16H20N6O. The Kier molecular flexibility index (Phi) is 3.28. The van der Waals surface area contributed by atoms with E-state index in [1.165, 1.54) is 5.69 Å². The van der Waals surface area contributed by atoms with Gasteiger partial charge < -0.3 is 9.32 Å². The van der Waals surface area contributed by atoms with E-state index in [9.17, 15) is 0 Å². The molecule has 1 aliphatic rings. The maximum Gasteiger partial charge on any atom is 0.252 e. The standard InChI is InChI=1S/C16H20N6O/c1-4-13-19-14-15(17-9-18-16(14)23-13)21-6-5-12(8-21)22-11(3)7-10(2)20-22/h7,9,12H,4-6,8H2,1-3H3. The third-order valence-electron chi connectivity index (χ3n) is 4.38. The molecule has 4 rings (SSSR count). The molecule has 1 fully saturated rings. The van der Waals surface area contributed by atoms with Gasteiger partial charge in [-0.1, -0.05) is 6.92 Å². The zero-order valence-electron chi connectivity index (χ0n) is 13.7. The van der Waals surface area contributed by atoms with Gasteiger partial charge in [0.1, 0.15) is 6.33 Å². The van der Waals surface area contributed by atoms with Crippen LogP contribution in [0.3, 0.4) is 0 Å². The molecule has 0 N–H and O–H groups in total. The van der Waals surface area contributed by atoms with Crippen molar-refractivity contribution in [1.82, 2.24) is 24.7 Å². The molecular weight excluding hydrogens is 292 g/mol. The lowest BCUT2D eigenvalue weighted by molar-refractivity contribution is 0.481. The molecule has 23 heavy (non-hydrogen) atoms. The van der Waals surface area contributed by atoms with Crippen LogP contribution in [0.2, 0.25) is 0 Å². The number of hydrogen-bond acceptors (Lipinski definition) is 6. The molecule has 0 aromatic carbocycles. The summed E-state index contributed by atoms with van der Waals surface area (Å²) in [5, 5.41) is 4.62. The fourth-order valence-corrected chi connectivity index (χ4v) is 3.32. The summed E-state index contributed by atoms with van der Waals surface area (Å²) in [6.45, 7) is 7.97. The Labute approximate surface area is 134 Å². The lowest BCUT2D eigenvalue weighted by Gasteiger charge is -2.18. The summed E-state index contributed by atoms with van der Waals surface area (Å²) in [5.41, 5.74) is 3.60. The molecule has 0 spiro atoms. The molecule has 3 aromatic rings. The highest BCUT2D eigenvalue weighted by molar-refractivity contribution is 5.81. The van der Waals surface area contributed by atoms with Gasteiger partial charge in [-0.05, 0) is 26.3 Å². The molecule has 120 valence electrons. The SMILES string of the molecule is CCc1nc2c(N3CCC(n4nc(C)cc4C)C3)ncnc2o1. The molecule has 0 radical (unpaired) electrons. The molecule has 0 bridgehead atoms. The van der Waals surface area contributed by atoms with Crippen molar-refractivity contribution in [2.45, 2.75) is 39.7 Å². The lowest BCUT2D eigenvalue weighted by atomic mass is 10.2. The van der Waals surface area contributed by atoms with Crippen LogP contribution in [0, 0.1) is 13.8 Å². The molecule has 7 nitrogen and oxygen atoms in total. The molecule has 3 aromatic heterocycles. The van der Waals surface area contributed by atoms with Crippen molar-refractivity contribution in [2.24, 2.45) is 0 Å². The molecule has 1 saturated heterocycles. The van der Waals surface area contributed by atoms with Gasteiger partial charge in [0.25, 0.3) is 5.71 Å². The van der Waals surface area contributed by atoms with Crippen LogP contribution in [0.1, 0.15) is 36.7 Å². The Hall–Kier alpha value is -2.44. The van der Waals surface area contributed by atoms with Crippen molar-refractivity contribution in [1.29, 1.82) is 0 Å². The third kappa shape index (κ3) is 2.36. The number of aromatic nitrogens is 5. The van der Waals surface area contributed by atoms with Crippen LogP contribution in [0.5, 0.6) is 0 Å².